The number of aliphatic hydroxyl groups excluding tert-OH is 1. The van der Waals surface area contributed by atoms with Gasteiger partial charge >= 0.3 is 0 Å². The van der Waals surface area contributed by atoms with Crippen molar-refractivity contribution in [3.05, 3.63) is 29.6 Å². The van der Waals surface area contributed by atoms with Gasteiger partial charge in [-0.3, -0.25) is 0 Å². The van der Waals surface area contributed by atoms with Gasteiger partial charge in [0.05, 0.1) is 0 Å². The first-order chi connectivity index (χ1) is 7.27. The summed E-state index contributed by atoms with van der Waals surface area (Å²) < 4.78 is 13.5. The molecular weight excluding hydrogens is 193 g/mol. The van der Waals surface area contributed by atoms with Crippen LogP contribution in [0.25, 0.3) is 0 Å². The molecule has 2 rings (SSSR count). The van der Waals surface area contributed by atoms with E-state index in [2.05, 4.69) is 11.8 Å². The van der Waals surface area contributed by atoms with Gasteiger partial charge in [0.25, 0.3) is 0 Å². The highest BCUT2D eigenvalue weighted by atomic mass is 19.1. The van der Waals surface area contributed by atoms with Crippen molar-refractivity contribution in [3.63, 3.8) is 0 Å². The molecule has 0 bridgehead atoms. The molecule has 0 amide bonds. The molecule has 1 aromatic carbocycles. The second-order valence-electron chi connectivity index (χ2n) is 3.89. The normalized spacial score (nSPS) is 19.4. The lowest BCUT2D eigenvalue weighted by atomic mass is 10.1. The molecule has 0 saturated heterocycles. The minimum atomic E-state index is -0.119. The van der Waals surface area contributed by atoms with Gasteiger partial charge in [-0.1, -0.05) is 6.07 Å². The third-order valence-electron chi connectivity index (χ3n) is 3.09. The third kappa shape index (κ3) is 1.72. The van der Waals surface area contributed by atoms with Crippen molar-refractivity contribution in [1.82, 2.24) is 0 Å². The summed E-state index contributed by atoms with van der Waals surface area (Å²) in [7, 11) is 0. The van der Waals surface area contributed by atoms with Gasteiger partial charge in [0.1, 0.15) is 5.82 Å². The van der Waals surface area contributed by atoms with Crippen molar-refractivity contribution >= 4 is 5.69 Å². The number of aliphatic hydroxyl groups is 1. The first-order valence-corrected chi connectivity index (χ1v) is 5.42. The molecule has 1 aromatic rings. The number of likely N-dealkylation sites (N-methyl/N-ethyl adjacent to an activating group) is 1. The maximum absolute atomic E-state index is 13.5. The summed E-state index contributed by atoms with van der Waals surface area (Å²) in [6.07, 6.45) is 1.43. The Labute approximate surface area is 89.3 Å². The SMILES string of the molecule is CCN1c2cccc(F)c2CC1CCO. The van der Waals surface area contributed by atoms with Crippen LogP contribution in [0.1, 0.15) is 18.9 Å². The Morgan fingerprint density at radius 1 is 1.53 bits per heavy atom. The molecule has 1 N–H and O–H groups in total. The monoisotopic (exact) mass is 209 g/mol. The van der Waals surface area contributed by atoms with Gasteiger partial charge in [-0.25, -0.2) is 4.39 Å². The van der Waals surface area contributed by atoms with E-state index < -0.39 is 0 Å². The molecule has 15 heavy (non-hydrogen) atoms. The van der Waals surface area contributed by atoms with Gasteiger partial charge in [0, 0.05) is 30.4 Å². The molecular formula is C12H16FNO. The van der Waals surface area contributed by atoms with Crippen molar-refractivity contribution in [3.8, 4) is 0 Å². The van der Waals surface area contributed by atoms with E-state index in [-0.39, 0.29) is 18.5 Å². The number of fused-ring (bicyclic) bond motifs is 1. The van der Waals surface area contributed by atoms with E-state index in [1.165, 1.54) is 6.07 Å². The Morgan fingerprint density at radius 3 is 3.00 bits per heavy atom. The van der Waals surface area contributed by atoms with E-state index in [4.69, 9.17) is 5.11 Å². The Bertz CT molecular complexity index is 353. The van der Waals surface area contributed by atoms with Gasteiger partial charge in [0.15, 0.2) is 0 Å². The van der Waals surface area contributed by atoms with Gasteiger partial charge in [0.2, 0.25) is 0 Å². The van der Waals surface area contributed by atoms with Crippen molar-refractivity contribution in [2.75, 3.05) is 18.1 Å². The summed E-state index contributed by atoms with van der Waals surface area (Å²) in [5, 5.41) is 8.97. The molecule has 2 nitrogen and oxygen atoms in total. The summed E-state index contributed by atoms with van der Waals surface area (Å²) in [6.45, 7) is 3.09. The first-order valence-electron chi connectivity index (χ1n) is 5.42. The standard InChI is InChI=1S/C12H16FNO/c1-2-14-9(6-7-15)8-10-11(13)4-3-5-12(10)14/h3-5,9,15H,2,6-8H2,1H3. The molecule has 0 aromatic heterocycles. The lowest BCUT2D eigenvalue weighted by Crippen LogP contribution is -2.32. The molecule has 0 fully saturated rings. The van der Waals surface area contributed by atoms with Crippen LogP contribution in [-0.4, -0.2) is 24.3 Å². The molecule has 0 saturated carbocycles. The topological polar surface area (TPSA) is 23.5 Å². The van der Waals surface area contributed by atoms with Crippen molar-refractivity contribution in [1.29, 1.82) is 0 Å². The molecule has 1 atom stereocenters. The number of rotatable bonds is 3. The van der Waals surface area contributed by atoms with Crippen LogP contribution in [-0.2, 0) is 6.42 Å². The summed E-state index contributed by atoms with van der Waals surface area (Å²) >= 11 is 0. The third-order valence-corrected chi connectivity index (χ3v) is 3.09. The van der Waals surface area contributed by atoms with Crippen LogP contribution in [0.3, 0.4) is 0 Å². The number of hydrogen-bond donors (Lipinski definition) is 1. The number of nitrogens with zero attached hydrogens (tertiary/aromatic N) is 1. The summed E-state index contributed by atoms with van der Waals surface area (Å²) in [5.74, 6) is -0.119. The molecule has 0 radical (unpaired) electrons. The maximum atomic E-state index is 13.5. The predicted molar refractivity (Wildman–Crippen MR) is 58.6 cm³/mol. The maximum Gasteiger partial charge on any atom is 0.128 e. The number of halogens is 1. The van der Waals surface area contributed by atoms with E-state index in [9.17, 15) is 4.39 Å². The van der Waals surface area contributed by atoms with E-state index in [0.29, 0.717) is 6.42 Å². The van der Waals surface area contributed by atoms with E-state index >= 15 is 0 Å². The molecule has 1 heterocycles. The zero-order chi connectivity index (χ0) is 10.8. The first kappa shape index (κ1) is 10.4. The Morgan fingerprint density at radius 2 is 2.33 bits per heavy atom. The fourth-order valence-electron chi connectivity index (χ4n) is 2.40. The number of anilines is 1. The summed E-state index contributed by atoms with van der Waals surface area (Å²) in [5.41, 5.74) is 1.80. The second kappa shape index (κ2) is 4.19. The average molecular weight is 209 g/mol. The fraction of sp³-hybridized carbons (Fsp3) is 0.500. The number of hydrogen-bond acceptors (Lipinski definition) is 2. The van der Waals surface area contributed by atoms with Crippen molar-refractivity contribution in [2.45, 2.75) is 25.8 Å². The quantitative estimate of drug-likeness (QED) is 0.822. The Hall–Kier alpha value is -1.09. The van der Waals surface area contributed by atoms with E-state index in [1.54, 1.807) is 6.07 Å². The second-order valence-corrected chi connectivity index (χ2v) is 3.89. The van der Waals surface area contributed by atoms with E-state index in [0.717, 1.165) is 24.2 Å². The minimum absolute atomic E-state index is 0.119. The lowest BCUT2D eigenvalue weighted by Gasteiger charge is -2.25. The van der Waals surface area contributed by atoms with Crippen LogP contribution in [0.2, 0.25) is 0 Å². The number of benzene rings is 1. The Kier molecular flexibility index (Phi) is 2.91. The Balaban J connectivity index is 2.32. The average Bonchev–Trinajstić information content (AvgIpc) is 2.58. The smallest absolute Gasteiger partial charge is 0.128 e. The minimum Gasteiger partial charge on any atom is -0.396 e. The summed E-state index contributed by atoms with van der Waals surface area (Å²) in [4.78, 5) is 2.18. The lowest BCUT2D eigenvalue weighted by molar-refractivity contribution is 0.274. The predicted octanol–water partition coefficient (Wildman–Crippen LogP) is 1.96. The summed E-state index contributed by atoms with van der Waals surface area (Å²) in [6, 6.07) is 5.47. The highest BCUT2D eigenvalue weighted by Gasteiger charge is 2.29. The van der Waals surface area contributed by atoms with Crippen LogP contribution >= 0.6 is 0 Å². The zero-order valence-electron chi connectivity index (χ0n) is 8.91. The molecule has 82 valence electrons. The van der Waals surface area contributed by atoms with Crippen molar-refractivity contribution < 1.29 is 9.50 Å². The fourth-order valence-corrected chi connectivity index (χ4v) is 2.40. The van der Waals surface area contributed by atoms with Gasteiger partial charge in [-0.15, -0.1) is 0 Å². The largest absolute Gasteiger partial charge is 0.396 e. The zero-order valence-corrected chi connectivity index (χ0v) is 8.91. The molecule has 1 aliphatic heterocycles. The van der Waals surface area contributed by atoms with Crippen LogP contribution in [0.5, 0.6) is 0 Å². The van der Waals surface area contributed by atoms with Crippen LogP contribution < -0.4 is 4.90 Å². The van der Waals surface area contributed by atoms with Gasteiger partial charge in [-0.2, -0.15) is 0 Å². The van der Waals surface area contributed by atoms with E-state index in [1.807, 2.05) is 6.07 Å². The highest BCUT2D eigenvalue weighted by Crippen LogP contribution is 2.34. The van der Waals surface area contributed by atoms with Crippen LogP contribution in [0.15, 0.2) is 18.2 Å². The molecule has 1 aliphatic rings. The molecule has 0 spiro atoms. The van der Waals surface area contributed by atoms with Crippen molar-refractivity contribution in [2.24, 2.45) is 0 Å². The molecule has 3 heteroatoms. The van der Waals surface area contributed by atoms with Crippen LogP contribution in [0.4, 0.5) is 10.1 Å². The highest BCUT2D eigenvalue weighted by molar-refractivity contribution is 5.59. The van der Waals surface area contributed by atoms with Gasteiger partial charge in [-0.05, 0) is 31.9 Å². The molecule has 1 unspecified atom stereocenters. The van der Waals surface area contributed by atoms with Gasteiger partial charge < -0.3 is 10.0 Å². The van der Waals surface area contributed by atoms with Crippen LogP contribution in [0, 0.1) is 5.82 Å². The molecule has 0 aliphatic carbocycles.